The summed E-state index contributed by atoms with van der Waals surface area (Å²) in [5.41, 5.74) is 0. The van der Waals surface area contributed by atoms with Crippen molar-refractivity contribution in [3.05, 3.63) is 0 Å². The molecule has 0 aliphatic heterocycles. The predicted molar refractivity (Wildman–Crippen MR) is 33.2 cm³/mol. The summed E-state index contributed by atoms with van der Waals surface area (Å²) in [6.07, 6.45) is 0. The van der Waals surface area contributed by atoms with Crippen molar-refractivity contribution >= 4 is 11.0 Å². The van der Waals surface area contributed by atoms with Gasteiger partial charge in [-0.05, 0) is 0 Å². The van der Waals surface area contributed by atoms with E-state index < -0.39 is 0 Å². The zero-order chi connectivity index (χ0) is 0. The Morgan fingerprint density at radius 2 is 0.0566 bits per heavy atom. The van der Waals surface area contributed by atoms with Crippen molar-refractivity contribution in [3.8, 4) is 0 Å². The number of rotatable bonds is 0. The fourth-order valence-corrected chi connectivity index (χ4v) is 0. The van der Waals surface area contributed by atoms with Crippen molar-refractivity contribution < 1.29 is 472 Å². The fraction of sp³-hybridized carbons (Fsp3) is 0. The van der Waals surface area contributed by atoms with Crippen molar-refractivity contribution in [2.75, 3.05) is 0 Å². The van der Waals surface area contributed by atoms with E-state index in [4.69, 9.17) is 0 Å². The molecule has 0 saturated heterocycles. The third-order valence-corrected chi connectivity index (χ3v) is 0. The molecule has 0 aromatic rings. The van der Waals surface area contributed by atoms with E-state index in [1.54, 1.807) is 0 Å². The Bertz CT molecular complexity index is 47.7. The average molecular weight is 2870 g/mol. The summed E-state index contributed by atoms with van der Waals surface area (Å²) in [4.78, 5) is 0. The van der Waals surface area contributed by atoms with Gasteiger partial charge >= 0.3 is 11.0 Å². The summed E-state index contributed by atoms with van der Waals surface area (Å²) in [6, 6.07) is 0. The third-order valence-electron chi connectivity index (χ3n) is 0. The molecule has 0 amide bonds. The Labute approximate surface area is 476 Å². The molecule has 0 radical (unpaired) electrons. The molecule has 0 aliphatic rings. The second-order valence-electron chi connectivity index (χ2n) is 0. The smallest absolute Gasteiger partial charge is 2.00 e. The molecule has 0 atom stereocenters. The van der Waals surface area contributed by atoms with E-state index in [2.05, 4.69) is 0 Å². The zero-order valence-corrected chi connectivity index (χ0v) is 57.9. The third kappa shape index (κ3) is 4030. The Kier molecular flexibility index (Phi) is 345000. The van der Waals surface area contributed by atoms with Gasteiger partial charge in [-0.15, -0.1) is 0 Å². The van der Waals surface area contributed by atoms with Crippen LogP contribution in [-0.2, 0) is 472 Å². The van der Waals surface area contributed by atoms with Crippen LogP contribution in [0.25, 0.3) is 0 Å². The zero-order valence-electron chi connectivity index (χ0n) is 21.7. The predicted octanol–water partition coefficient (Wildman–Crippen LogP) is -5.16. The topological polar surface area (TPSA) is 1140 Å². The van der Waals surface area contributed by atoms with Gasteiger partial charge in [-0.2, -0.15) is 0 Å². The van der Waals surface area contributed by atoms with Gasteiger partial charge in [0.15, 0.2) is 0 Å². The first kappa shape index (κ1) is 4390. The molecule has 0 heterocycles. The van der Waals surface area contributed by atoms with Gasteiger partial charge < -0.3 is 219 Å². The van der Waals surface area contributed by atoms with Gasteiger partial charge in [0.25, 0.3) is 0 Å². The van der Waals surface area contributed by atoms with Gasteiger partial charge in [-0.25, -0.2) is 0 Å². The first-order valence-corrected chi connectivity index (χ1v) is 0. The van der Waals surface area contributed by atoms with Crippen molar-refractivity contribution in [3.63, 3.8) is 0 Å². The van der Waals surface area contributed by atoms with Crippen molar-refractivity contribution in [1.82, 2.24) is 0 Å². The van der Waals surface area contributed by atoms with Gasteiger partial charge in [-0.3, -0.25) is 0 Å². The molecule has 0 N–H and O–H groups in total. The van der Waals surface area contributed by atoms with Gasteiger partial charge in [-0.1, -0.05) is 0 Å². The fourth-order valence-electron chi connectivity index (χ4n) is 0. The molecule has 392 valence electrons. The van der Waals surface area contributed by atoms with E-state index in [1.807, 2.05) is 0 Å². The summed E-state index contributed by atoms with van der Waals surface area (Å²) in [5, 5.41) is 0. The molecule has 40 nitrogen and oxygen atoms in total. The van der Waals surface area contributed by atoms with E-state index in [0.29, 0.717) is 0 Å². The minimum Gasteiger partial charge on any atom is -2.00 e. The van der Waals surface area contributed by atoms with E-state index in [1.165, 1.54) is 0 Å². The molecular weight excluding hydrogens is 2870 g/mol. The molecule has 0 aliphatic carbocycles. The Morgan fingerprint density at radius 3 is 0.0566 bits per heavy atom. The van der Waals surface area contributed by atoms with Crippen LogP contribution >= 0.6 is 0 Å². The first-order chi connectivity index (χ1) is 0. The normalized spacial score (nSPS) is 0. The van der Waals surface area contributed by atoms with Crippen LogP contribution in [0.2, 0.25) is 0 Å². The monoisotopic (exact) mass is 2880 g/mol. The molecule has 0 fully saturated rings. The molecule has 0 spiro atoms. The van der Waals surface area contributed by atoms with Gasteiger partial charge in [0.2, 0.25) is 0 Å². The van der Waals surface area contributed by atoms with Crippen molar-refractivity contribution in [1.29, 1.82) is 0 Å². The second-order valence-corrected chi connectivity index (χ2v) is 0. The minimum atomic E-state index is 0. The minimum absolute atomic E-state index is 0. The maximum absolute atomic E-state index is 0. The molecular formula is O40SiW12-76. The summed E-state index contributed by atoms with van der Waals surface area (Å²) in [7, 11) is 0. The van der Waals surface area contributed by atoms with Crippen molar-refractivity contribution in [2.24, 2.45) is 0 Å². The summed E-state index contributed by atoms with van der Waals surface area (Å²) < 4.78 is 0. The van der Waals surface area contributed by atoms with Crippen LogP contribution in [0.4, 0.5) is 0 Å². The second kappa shape index (κ2) is 4170. The van der Waals surface area contributed by atoms with Crippen LogP contribution in [0.1, 0.15) is 0 Å². The molecule has 0 unspecified atom stereocenters. The number of hydrogen-bond donors (Lipinski definition) is 0. The van der Waals surface area contributed by atoms with Gasteiger partial charge in [0.05, 0.1) is 0 Å². The van der Waals surface area contributed by atoms with Crippen LogP contribution in [0.3, 0.4) is 0 Å². The van der Waals surface area contributed by atoms with E-state index in [-0.39, 0.29) is 483 Å². The van der Waals surface area contributed by atoms with Crippen LogP contribution in [0, 0.1) is 0 Å². The molecule has 53 heavy (non-hydrogen) atoms. The van der Waals surface area contributed by atoms with E-state index in [9.17, 15) is 0 Å². The summed E-state index contributed by atoms with van der Waals surface area (Å²) in [5.74, 6) is 0. The number of hydrogen-bond acceptors (Lipinski definition) is 0. The quantitative estimate of drug-likeness (QED) is 0.206. The van der Waals surface area contributed by atoms with Crippen LogP contribution < -0.4 is 0 Å². The maximum Gasteiger partial charge on any atom is 4.00 e. The van der Waals surface area contributed by atoms with Crippen LogP contribution in [-0.4, -0.2) is 11.0 Å². The van der Waals surface area contributed by atoms with Crippen LogP contribution in [0.15, 0.2) is 0 Å². The average Bonchev–Trinajstić information content (AvgIpc) is 0. The standard InChI is InChI=1S/40O.Si.12W/q40*-2;+4;;;;;;;;;;;;. The van der Waals surface area contributed by atoms with E-state index >= 15 is 0 Å². The summed E-state index contributed by atoms with van der Waals surface area (Å²) in [6.45, 7) is 0. The van der Waals surface area contributed by atoms with Crippen LogP contribution in [0.5, 0.6) is 0 Å². The maximum atomic E-state index is 0. The van der Waals surface area contributed by atoms with Gasteiger partial charge in [0, 0.05) is 253 Å². The Morgan fingerprint density at radius 1 is 0.0566 bits per heavy atom. The molecule has 0 aromatic heterocycles. The Balaban J connectivity index is 0. The molecule has 0 rings (SSSR count). The first-order valence-electron chi connectivity index (χ1n) is 0. The molecule has 0 aromatic carbocycles. The largest absolute Gasteiger partial charge is 4.00 e. The molecule has 0 saturated carbocycles. The SMILES string of the molecule is [O-2].[O-2].[O-2].[O-2].[O-2].[O-2].[O-2].[O-2].[O-2].[O-2].[O-2].[O-2].[O-2].[O-2].[O-2].[O-2].[O-2].[O-2].[O-2].[O-2].[O-2].[O-2].[O-2].[O-2].[O-2].[O-2].[O-2].[O-2].[O-2].[O-2].[O-2].[O-2].[O-2].[O-2].[O-2].[O-2].[O-2].[O-2].[O-2].[O-2].[Si+4].[W].[W].[W].[W].[W].[W].[W].[W].[W].[W].[W].[W]. The molecule has 0 bridgehead atoms. The summed E-state index contributed by atoms with van der Waals surface area (Å²) >= 11 is 0. The van der Waals surface area contributed by atoms with E-state index in [0.717, 1.165) is 0 Å². The van der Waals surface area contributed by atoms with Gasteiger partial charge in [0.1, 0.15) is 0 Å². The van der Waals surface area contributed by atoms with Crippen molar-refractivity contribution in [2.45, 2.75) is 0 Å². The molecule has 53 heteroatoms. The Hall–Kier alpha value is 6.88.